The SMILES string of the molecule is CNCc1ccc2ccn(Cc3cccc(Cl)c3Cl)c2c1. The zero-order valence-electron chi connectivity index (χ0n) is 11.7. The molecule has 0 aliphatic heterocycles. The number of hydrogen-bond acceptors (Lipinski definition) is 1. The summed E-state index contributed by atoms with van der Waals surface area (Å²) >= 11 is 12.4. The smallest absolute Gasteiger partial charge is 0.0642 e. The first kappa shape index (κ1) is 14.5. The lowest BCUT2D eigenvalue weighted by molar-refractivity contribution is 0.812. The number of benzene rings is 2. The lowest BCUT2D eigenvalue weighted by atomic mass is 10.1. The molecule has 0 saturated heterocycles. The van der Waals surface area contributed by atoms with Crippen molar-refractivity contribution in [3.05, 3.63) is 69.8 Å². The summed E-state index contributed by atoms with van der Waals surface area (Å²) in [4.78, 5) is 0. The van der Waals surface area contributed by atoms with Gasteiger partial charge in [0.1, 0.15) is 0 Å². The fraction of sp³-hybridized carbons (Fsp3) is 0.176. The Morgan fingerprint density at radius 1 is 1.10 bits per heavy atom. The van der Waals surface area contributed by atoms with E-state index in [0.717, 1.165) is 12.1 Å². The van der Waals surface area contributed by atoms with Crippen LogP contribution in [0.2, 0.25) is 10.0 Å². The summed E-state index contributed by atoms with van der Waals surface area (Å²) in [5, 5.41) is 5.64. The van der Waals surface area contributed by atoms with Crippen molar-refractivity contribution in [2.45, 2.75) is 13.1 Å². The molecule has 0 spiro atoms. The average molecular weight is 319 g/mol. The number of rotatable bonds is 4. The van der Waals surface area contributed by atoms with E-state index in [1.54, 1.807) is 0 Å². The number of nitrogens with one attached hydrogen (secondary N) is 1. The van der Waals surface area contributed by atoms with E-state index in [4.69, 9.17) is 23.2 Å². The Hall–Kier alpha value is -1.48. The number of hydrogen-bond donors (Lipinski definition) is 1. The fourth-order valence-electron chi connectivity index (χ4n) is 2.54. The van der Waals surface area contributed by atoms with Gasteiger partial charge in [-0.25, -0.2) is 0 Å². The van der Waals surface area contributed by atoms with Gasteiger partial charge >= 0.3 is 0 Å². The van der Waals surface area contributed by atoms with Crippen molar-refractivity contribution in [3.8, 4) is 0 Å². The number of nitrogens with zero attached hydrogens (tertiary/aromatic N) is 1. The van der Waals surface area contributed by atoms with Crippen molar-refractivity contribution < 1.29 is 0 Å². The van der Waals surface area contributed by atoms with Gasteiger partial charge in [0, 0.05) is 24.8 Å². The molecular weight excluding hydrogens is 303 g/mol. The quantitative estimate of drug-likeness (QED) is 0.736. The molecule has 3 aromatic rings. The van der Waals surface area contributed by atoms with E-state index in [0.29, 0.717) is 16.6 Å². The van der Waals surface area contributed by atoms with Crippen LogP contribution in [0, 0.1) is 0 Å². The molecule has 3 rings (SSSR count). The van der Waals surface area contributed by atoms with Crippen LogP contribution in [0.3, 0.4) is 0 Å². The Kier molecular flexibility index (Phi) is 4.20. The minimum atomic E-state index is 0.599. The van der Waals surface area contributed by atoms with Gasteiger partial charge in [0.15, 0.2) is 0 Å². The van der Waals surface area contributed by atoms with Crippen molar-refractivity contribution >= 4 is 34.1 Å². The van der Waals surface area contributed by atoms with Crippen LogP contribution in [0.25, 0.3) is 10.9 Å². The predicted molar refractivity (Wildman–Crippen MR) is 90.3 cm³/mol. The highest BCUT2D eigenvalue weighted by Crippen LogP contribution is 2.27. The molecule has 1 heterocycles. The van der Waals surface area contributed by atoms with Gasteiger partial charge in [0.2, 0.25) is 0 Å². The van der Waals surface area contributed by atoms with Crippen molar-refractivity contribution in [3.63, 3.8) is 0 Å². The Morgan fingerprint density at radius 2 is 1.95 bits per heavy atom. The van der Waals surface area contributed by atoms with Crippen LogP contribution < -0.4 is 5.32 Å². The molecule has 0 aliphatic rings. The van der Waals surface area contributed by atoms with Gasteiger partial charge < -0.3 is 9.88 Å². The summed E-state index contributed by atoms with van der Waals surface area (Å²) in [7, 11) is 1.95. The van der Waals surface area contributed by atoms with E-state index in [2.05, 4.69) is 40.3 Å². The normalized spacial score (nSPS) is 11.2. The van der Waals surface area contributed by atoms with Crippen LogP contribution >= 0.6 is 23.2 Å². The highest BCUT2D eigenvalue weighted by atomic mass is 35.5. The molecule has 0 unspecified atom stereocenters. The summed E-state index contributed by atoms with van der Waals surface area (Å²) in [6.45, 7) is 1.57. The van der Waals surface area contributed by atoms with Gasteiger partial charge in [-0.15, -0.1) is 0 Å². The Labute approximate surface area is 134 Å². The summed E-state index contributed by atoms with van der Waals surface area (Å²) in [6, 6.07) is 14.4. The van der Waals surface area contributed by atoms with Crippen LogP contribution in [0.4, 0.5) is 0 Å². The molecule has 21 heavy (non-hydrogen) atoms. The second-order valence-electron chi connectivity index (χ2n) is 5.08. The van der Waals surface area contributed by atoms with Gasteiger partial charge in [-0.3, -0.25) is 0 Å². The van der Waals surface area contributed by atoms with Crippen LogP contribution in [-0.4, -0.2) is 11.6 Å². The largest absolute Gasteiger partial charge is 0.343 e. The first-order chi connectivity index (χ1) is 10.2. The maximum absolute atomic E-state index is 6.29. The Bertz CT molecular complexity index is 778. The average Bonchev–Trinajstić information content (AvgIpc) is 2.87. The number of aromatic nitrogens is 1. The van der Waals surface area contributed by atoms with E-state index in [1.807, 2.05) is 25.2 Å². The summed E-state index contributed by atoms with van der Waals surface area (Å²) in [5.74, 6) is 0. The van der Waals surface area contributed by atoms with Crippen LogP contribution in [0.5, 0.6) is 0 Å². The highest BCUT2D eigenvalue weighted by molar-refractivity contribution is 6.42. The molecule has 4 heteroatoms. The maximum atomic E-state index is 6.29. The first-order valence-electron chi connectivity index (χ1n) is 6.84. The van der Waals surface area contributed by atoms with Crippen molar-refractivity contribution in [2.75, 3.05) is 7.05 Å². The van der Waals surface area contributed by atoms with Crippen LogP contribution in [-0.2, 0) is 13.1 Å². The molecule has 1 N–H and O–H groups in total. The third-order valence-corrected chi connectivity index (χ3v) is 4.45. The molecule has 0 radical (unpaired) electrons. The molecule has 0 saturated carbocycles. The first-order valence-corrected chi connectivity index (χ1v) is 7.60. The summed E-state index contributed by atoms with van der Waals surface area (Å²) in [6.07, 6.45) is 2.09. The van der Waals surface area contributed by atoms with Crippen LogP contribution in [0.1, 0.15) is 11.1 Å². The van der Waals surface area contributed by atoms with Crippen molar-refractivity contribution in [2.24, 2.45) is 0 Å². The van der Waals surface area contributed by atoms with E-state index in [1.165, 1.54) is 16.5 Å². The Balaban J connectivity index is 2.00. The second-order valence-corrected chi connectivity index (χ2v) is 5.87. The minimum absolute atomic E-state index is 0.599. The Morgan fingerprint density at radius 3 is 2.76 bits per heavy atom. The molecule has 0 fully saturated rings. The van der Waals surface area contributed by atoms with Gasteiger partial charge in [-0.05, 0) is 41.8 Å². The molecule has 108 valence electrons. The fourth-order valence-corrected chi connectivity index (χ4v) is 2.92. The monoisotopic (exact) mass is 318 g/mol. The molecule has 0 bridgehead atoms. The minimum Gasteiger partial charge on any atom is -0.343 e. The zero-order chi connectivity index (χ0) is 14.8. The van der Waals surface area contributed by atoms with Crippen molar-refractivity contribution in [1.82, 2.24) is 9.88 Å². The predicted octanol–water partition coefficient (Wildman–Crippen LogP) is 4.72. The van der Waals surface area contributed by atoms with E-state index >= 15 is 0 Å². The van der Waals surface area contributed by atoms with Gasteiger partial charge in [-0.1, -0.05) is 47.5 Å². The molecule has 2 nitrogen and oxygen atoms in total. The van der Waals surface area contributed by atoms with E-state index in [9.17, 15) is 0 Å². The maximum Gasteiger partial charge on any atom is 0.0642 e. The van der Waals surface area contributed by atoms with Crippen LogP contribution in [0.15, 0.2) is 48.7 Å². The lowest BCUT2D eigenvalue weighted by Gasteiger charge is -2.09. The summed E-state index contributed by atoms with van der Waals surface area (Å²) < 4.78 is 2.20. The van der Waals surface area contributed by atoms with Gasteiger partial charge in [-0.2, -0.15) is 0 Å². The van der Waals surface area contributed by atoms with Gasteiger partial charge in [0.25, 0.3) is 0 Å². The standard InChI is InChI=1S/C17H16Cl2N2/c1-20-10-12-5-6-13-7-8-21(16(13)9-12)11-14-3-2-4-15(18)17(14)19/h2-9,20H,10-11H2,1H3. The topological polar surface area (TPSA) is 17.0 Å². The van der Waals surface area contributed by atoms with Gasteiger partial charge in [0.05, 0.1) is 10.0 Å². The highest BCUT2D eigenvalue weighted by Gasteiger charge is 2.07. The molecule has 0 amide bonds. The molecule has 0 aliphatic carbocycles. The molecule has 2 aromatic carbocycles. The number of halogens is 2. The second kappa shape index (κ2) is 6.10. The zero-order valence-corrected chi connectivity index (χ0v) is 13.2. The molecule has 1 aromatic heterocycles. The van der Waals surface area contributed by atoms with E-state index < -0.39 is 0 Å². The third-order valence-electron chi connectivity index (χ3n) is 3.59. The van der Waals surface area contributed by atoms with Crippen molar-refractivity contribution in [1.29, 1.82) is 0 Å². The lowest BCUT2D eigenvalue weighted by Crippen LogP contribution is -2.05. The third kappa shape index (κ3) is 2.93. The number of fused-ring (bicyclic) bond motifs is 1. The summed E-state index contributed by atoms with van der Waals surface area (Å²) in [5.41, 5.74) is 3.50. The van der Waals surface area contributed by atoms with E-state index in [-0.39, 0.29) is 0 Å². The molecular formula is C17H16Cl2N2. The molecule has 0 atom stereocenters.